The quantitative estimate of drug-likeness (QED) is 0.547. The Bertz CT molecular complexity index is 879. The van der Waals surface area contributed by atoms with Crippen molar-refractivity contribution in [1.82, 2.24) is 5.32 Å². The Morgan fingerprint density at radius 2 is 1.96 bits per heavy atom. The molecule has 0 atom stereocenters. The fraction of sp³-hybridized carbons (Fsp3) is 0.263. The van der Waals surface area contributed by atoms with Gasteiger partial charge in [-0.1, -0.05) is 30.3 Å². The number of ether oxygens (including phenoxy) is 1. The minimum Gasteiger partial charge on any atom is -0.506 e. The van der Waals surface area contributed by atoms with Crippen molar-refractivity contribution < 1.29 is 14.8 Å². The summed E-state index contributed by atoms with van der Waals surface area (Å²) in [6.07, 6.45) is 0.780. The van der Waals surface area contributed by atoms with Gasteiger partial charge in [0.25, 0.3) is 5.69 Å². The third-order valence-corrected chi connectivity index (χ3v) is 4.88. The third-order valence-electron chi connectivity index (χ3n) is 4.25. The summed E-state index contributed by atoms with van der Waals surface area (Å²) in [5, 5.41) is 25.1. The minimum atomic E-state index is -0.982. The van der Waals surface area contributed by atoms with Gasteiger partial charge in [0, 0.05) is 12.1 Å². The molecule has 0 amide bonds. The van der Waals surface area contributed by atoms with Crippen molar-refractivity contribution in [1.29, 1.82) is 0 Å². The summed E-state index contributed by atoms with van der Waals surface area (Å²) in [5.41, 5.74) is 1.24. The van der Waals surface area contributed by atoms with Crippen molar-refractivity contribution in [3.63, 3.8) is 0 Å². The summed E-state index contributed by atoms with van der Waals surface area (Å²) in [6, 6.07) is 13.0. The van der Waals surface area contributed by atoms with Gasteiger partial charge in [0.05, 0.1) is 21.2 Å². The van der Waals surface area contributed by atoms with Crippen molar-refractivity contribution in [2.75, 3.05) is 6.54 Å². The average Bonchev–Trinajstić information content (AvgIpc) is 2.59. The average molecular weight is 419 g/mol. The molecule has 2 aromatic rings. The molecule has 1 aliphatic heterocycles. The Morgan fingerprint density at radius 3 is 2.62 bits per heavy atom. The molecule has 1 heterocycles. The van der Waals surface area contributed by atoms with Gasteiger partial charge in [-0.3, -0.25) is 10.1 Å². The van der Waals surface area contributed by atoms with E-state index in [0.717, 1.165) is 6.42 Å². The number of nitro benzene ring substituents is 1. The monoisotopic (exact) mass is 418 g/mol. The lowest BCUT2D eigenvalue weighted by molar-refractivity contribution is -0.385. The van der Waals surface area contributed by atoms with Gasteiger partial charge < -0.3 is 15.2 Å². The molecule has 0 saturated heterocycles. The summed E-state index contributed by atoms with van der Waals surface area (Å²) in [6.45, 7) is 4.05. The predicted octanol–water partition coefficient (Wildman–Crippen LogP) is 4.59. The minimum absolute atomic E-state index is 0.0683. The second-order valence-corrected chi connectivity index (χ2v) is 7.41. The molecule has 136 valence electrons. The molecule has 3 rings (SSSR count). The Morgan fingerprint density at radius 1 is 1.27 bits per heavy atom. The van der Waals surface area contributed by atoms with Gasteiger partial charge in [-0.25, -0.2) is 0 Å². The van der Waals surface area contributed by atoms with E-state index in [1.54, 1.807) is 19.9 Å². The van der Waals surface area contributed by atoms with E-state index in [4.69, 9.17) is 4.74 Å². The molecular formula is C19H19BrN2O4. The van der Waals surface area contributed by atoms with Gasteiger partial charge in [-0.15, -0.1) is 0 Å². The zero-order valence-corrected chi connectivity index (χ0v) is 16.0. The van der Waals surface area contributed by atoms with Crippen molar-refractivity contribution >= 4 is 27.3 Å². The normalized spacial score (nSPS) is 15.2. The number of rotatable bonds is 5. The highest BCUT2D eigenvalue weighted by Crippen LogP contribution is 2.43. The van der Waals surface area contributed by atoms with Crippen molar-refractivity contribution in [3.8, 4) is 5.75 Å². The Balaban J connectivity index is 1.92. The fourth-order valence-electron chi connectivity index (χ4n) is 2.87. The fourth-order valence-corrected chi connectivity index (χ4v) is 3.36. The van der Waals surface area contributed by atoms with E-state index < -0.39 is 10.5 Å². The van der Waals surface area contributed by atoms with Crippen LogP contribution in [0.2, 0.25) is 0 Å². The summed E-state index contributed by atoms with van der Waals surface area (Å²) in [7, 11) is 0. The van der Waals surface area contributed by atoms with Gasteiger partial charge in [0.1, 0.15) is 5.75 Å². The number of nitrogens with zero attached hydrogens (tertiary/aromatic N) is 1. The maximum atomic E-state index is 11.2. The molecule has 7 heteroatoms. The number of hydrogen-bond donors (Lipinski definition) is 2. The highest BCUT2D eigenvalue weighted by atomic mass is 79.9. The standard InChI is InChI=1S/C19H19BrN2O4/c1-19(2)18(23)17(21-9-8-12-6-4-3-5-7-12)13-10-14(20)15(22(24)25)11-16(13)26-19/h3-7,10-11,21,23H,8-9H2,1-2H3. The number of hydrogen-bond acceptors (Lipinski definition) is 5. The molecule has 0 unspecified atom stereocenters. The number of aliphatic hydroxyl groups is 1. The molecule has 0 aliphatic carbocycles. The second kappa shape index (κ2) is 6.99. The summed E-state index contributed by atoms with van der Waals surface area (Å²) in [4.78, 5) is 10.7. The zero-order chi connectivity index (χ0) is 18.9. The second-order valence-electron chi connectivity index (χ2n) is 6.56. The van der Waals surface area contributed by atoms with E-state index in [0.29, 0.717) is 28.0 Å². The van der Waals surface area contributed by atoms with Crippen molar-refractivity contribution in [2.24, 2.45) is 0 Å². The number of nitro groups is 1. The van der Waals surface area contributed by atoms with Crippen LogP contribution >= 0.6 is 15.9 Å². The maximum absolute atomic E-state index is 11.2. The molecule has 0 radical (unpaired) electrons. The van der Waals surface area contributed by atoms with Crippen LogP contribution in [0.5, 0.6) is 5.75 Å². The van der Waals surface area contributed by atoms with E-state index >= 15 is 0 Å². The number of halogens is 1. The van der Waals surface area contributed by atoms with E-state index in [1.165, 1.54) is 11.6 Å². The lowest BCUT2D eigenvalue weighted by Gasteiger charge is -2.34. The lowest BCUT2D eigenvalue weighted by Crippen LogP contribution is -2.37. The number of aliphatic hydroxyl groups excluding tert-OH is 1. The largest absolute Gasteiger partial charge is 0.506 e. The van der Waals surface area contributed by atoms with E-state index in [-0.39, 0.29) is 11.4 Å². The molecule has 26 heavy (non-hydrogen) atoms. The first-order chi connectivity index (χ1) is 12.3. The molecular weight excluding hydrogens is 400 g/mol. The zero-order valence-electron chi connectivity index (χ0n) is 14.5. The van der Waals surface area contributed by atoms with Crippen LogP contribution in [0, 0.1) is 10.1 Å². The Labute approximate surface area is 159 Å². The smallest absolute Gasteiger partial charge is 0.287 e. The van der Waals surface area contributed by atoms with Crippen LogP contribution in [-0.4, -0.2) is 22.2 Å². The van der Waals surface area contributed by atoms with Gasteiger partial charge in [-0.2, -0.15) is 0 Å². The molecule has 0 aromatic heterocycles. The number of nitrogens with one attached hydrogen (secondary N) is 1. The molecule has 0 saturated carbocycles. The van der Waals surface area contributed by atoms with Crippen LogP contribution in [-0.2, 0) is 6.42 Å². The molecule has 2 N–H and O–H groups in total. The van der Waals surface area contributed by atoms with Crippen molar-refractivity contribution in [3.05, 3.63) is 73.9 Å². The predicted molar refractivity (Wildman–Crippen MR) is 103 cm³/mol. The van der Waals surface area contributed by atoms with Crippen molar-refractivity contribution in [2.45, 2.75) is 25.9 Å². The first-order valence-corrected chi connectivity index (χ1v) is 8.98. The Kier molecular flexibility index (Phi) is 4.91. The molecule has 1 aliphatic rings. The molecule has 0 bridgehead atoms. The van der Waals surface area contributed by atoms with E-state index in [1.807, 2.05) is 30.3 Å². The molecule has 0 spiro atoms. The number of fused-ring (bicyclic) bond motifs is 1. The van der Waals surface area contributed by atoms with Gasteiger partial charge >= 0.3 is 0 Å². The maximum Gasteiger partial charge on any atom is 0.287 e. The highest BCUT2D eigenvalue weighted by Gasteiger charge is 2.36. The first-order valence-electron chi connectivity index (χ1n) is 8.18. The molecule has 0 fully saturated rings. The van der Waals surface area contributed by atoms with Crippen LogP contribution in [0.4, 0.5) is 5.69 Å². The molecule has 2 aromatic carbocycles. The lowest BCUT2D eigenvalue weighted by atomic mass is 9.96. The Hall–Kier alpha value is -2.54. The van der Waals surface area contributed by atoms with Crippen LogP contribution in [0.1, 0.15) is 25.0 Å². The summed E-state index contributed by atoms with van der Waals surface area (Å²) in [5.74, 6) is 0.434. The van der Waals surface area contributed by atoms with Gasteiger partial charge in [-0.05, 0) is 47.8 Å². The van der Waals surface area contributed by atoms with E-state index in [2.05, 4.69) is 21.2 Å². The highest BCUT2D eigenvalue weighted by molar-refractivity contribution is 9.10. The van der Waals surface area contributed by atoms with Gasteiger partial charge in [0.2, 0.25) is 0 Å². The first kappa shape index (κ1) is 18.3. The SMILES string of the molecule is CC1(C)Oc2cc([N+](=O)[O-])c(Br)cc2C(NCCc2ccccc2)=C1O. The van der Waals surface area contributed by atoms with Crippen LogP contribution in [0.3, 0.4) is 0 Å². The third kappa shape index (κ3) is 3.53. The van der Waals surface area contributed by atoms with Gasteiger partial charge in [0.15, 0.2) is 11.4 Å². The van der Waals surface area contributed by atoms with E-state index in [9.17, 15) is 15.2 Å². The van der Waals surface area contributed by atoms with Crippen LogP contribution < -0.4 is 10.1 Å². The summed E-state index contributed by atoms with van der Waals surface area (Å²) >= 11 is 3.23. The van der Waals surface area contributed by atoms with Crippen LogP contribution in [0.25, 0.3) is 5.70 Å². The summed E-state index contributed by atoms with van der Waals surface area (Å²) < 4.78 is 6.13. The van der Waals surface area contributed by atoms with Crippen LogP contribution in [0.15, 0.2) is 52.7 Å². The topological polar surface area (TPSA) is 84.6 Å². The number of benzene rings is 2. The molecule has 6 nitrogen and oxygen atoms in total.